The Balaban J connectivity index is 1.47. The van der Waals surface area contributed by atoms with Gasteiger partial charge >= 0.3 is 0 Å². The van der Waals surface area contributed by atoms with Gasteiger partial charge in [-0.25, -0.2) is 13.8 Å². The zero-order chi connectivity index (χ0) is 20.2. The Bertz CT molecular complexity index is 1150. The molecule has 3 saturated carbocycles. The predicted octanol–water partition coefficient (Wildman–Crippen LogP) is 2.19. The summed E-state index contributed by atoms with van der Waals surface area (Å²) in [6, 6.07) is 0.685. The summed E-state index contributed by atoms with van der Waals surface area (Å²) in [5.74, 6) is 0.550. The van der Waals surface area contributed by atoms with Crippen molar-refractivity contribution in [2.45, 2.75) is 43.9 Å². The number of Topliss-reactive ketones (excluding diaryl/α,β-unsaturated/α-hetero) is 1. The van der Waals surface area contributed by atoms with Crippen LogP contribution < -0.4 is 16.1 Å². The van der Waals surface area contributed by atoms with Gasteiger partial charge in [-0.2, -0.15) is 0 Å². The molecule has 152 valence electrons. The molecule has 1 unspecified atom stereocenters. The van der Waals surface area contributed by atoms with Crippen molar-refractivity contribution in [2.24, 2.45) is 23.5 Å². The van der Waals surface area contributed by atoms with E-state index in [2.05, 4.69) is 4.98 Å². The van der Waals surface area contributed by atoms with Crippen LogP contribution in [0.2, 0.25) is 0 Å². The molecule has 2 aromatic rings. The number of ketones is 1. The quantitative estimate of drug-likeness (QED) is 0.799. The van der Waals surface area contributed by atoms with Crippen LogP contribution in [0, 0.1) is 23.6 Å². The Morgan fingerprint density at radius 2 is 2.10 bits per heavy atom. The van der Waals surface area contributed by atoms with Gasteiger partial charge < -0.3 is 15.2 Å². The van der Waals surface area contributed by atoms with Crippen LogP contribution in [-0.2, 0) is 0 Å². The number of hydrogen-bond donors (Lipinski definition) is 1. The van der Waals surface area contributed by atoms with Crippen molar-refractivity contribution in [2.75, 3.05) is 18.0 Å². The predicted molar refractivity (Wildman–Crippen MR) is 103 cm³/mol. The zero-order valence-electron chi connectivity index (χ0n) is 16.1. The van der Waals surface area contributed by atoms with E-state index in [0.29, 0.717) is 37.3 Å². The van der Waals surface area contributed by atoms with Crippen molar-refractivity contribution < 1.29 is 13.6 Å². The number of rotatable bonds is 3. The van der Waals surface area contributed by atoms with Crippen molar-refractivity contribution in [1.29, 1.82) is 0 Å². The van der Waals surface area contributed by atoms with Crippen molar-refractivity contribution >= 4 is 22.6 Å². The number of hydrogen-bond acceptors (Lipinski definition) is 5. The van der Waals surface area contributed by atoms with Gasteiger partial charge in [0.2, 0.25) is 5.43 Å². The minimum Gasteiger partial charge on any atom is -0.353 e. The SMILES string of the molecule is CC(=O)c1cn([C@@H]2C[C@@H]2F)c2nc(N3C[C@H]4CC5C[C@]5(N)[C@H]4C3)c(F)cc2c1=O. The third kappa shape index (κ3) is 2.32. The lowest BCUT2D eigenvalue weighted by molar-refractivity contribution is 0.101. The zero-order valence-corrected chi connectivity index (χ0v) is 16.1. The van der Waals surface area contributed by atoms with E-state index in [9.17, 15) is 14.0 Å². The van der Waals surface area contributed by atoms with E-state index in [0.717, 1.165) is 18.9 Å². The standard InChI is InChI=1S/C21H22F2N4O2/c1-9(28)13-7-27(17-4-15(17)22)19-12(18(13)29)3-16(23)20(25-19)26-6-10-2-11-5-21(11,24)14(10)8-26/h3,7,10-11,14-15,17H,2,4-6,8,24H2,1H3/t10-,11?,14+,15+,17-,21-/m1/s1. The van der Waals surface area contributed by atoms with E-state index in [1.54, 1.807) is 4.57 Å². The molecule has 1 saturated heterocycles. The van der Waals surface area contributed by atoms with E-state index >= 15 is 4.39 Å². The molecule has 3 heterocycles. The van der Waals surface area contributed by atoms with Crippen LogP contribution in [0.5, 0.6) is 0 Å². The second-order valence-electron chi connectivity index (χ2n) is 9.34. The second kappa shape index (κ2) is 5.41. The van der Waals surface area contributed by atoms with Gasteiger partial charge in [0.1, 0.15) is 11.8 Å². The highest BCUT2D eigenvalue weighted by molar-refractivity contribution is 5.97. The molecule has 0 spiro atoms. The molecule has 0 aromatic carbocycles. The lowest BCUT2D eigenvalue weighted by Crippen LogP contribution is -2.35. The van der Waals surface area contributed by atoms with Crippen molar-refractivity contribution in [3.8, 4) is 0 Å². The molecule has 6 nitrogen and oxygen atoms in total. The summed E-state index contributed by atoms with van der Waals surface area (Å²) in [4.78, 5) is 31.0. The Morgan fingerprint density at radius 3 is 2.76 bits per heavy atom. The van der Waals surface area contributed by atoms with E-state index < -0.39 is 29.2 Å². The third-order valence-electron chi connectivity index (χ3n) is 7.58. The van der Waals surface area contributed by atoms with Gasteiger partial charge in [0.15, 0.2) is 17.4 Å². The average Bonchev–Trinajstić information content (AvgIpc) is 3.44. The normalized spacial score (nSPS) is 37.0. The van der Waals surface area contributed by atoms with Gasteiger partial charge in [-0.05, 0) is 43.6 Å². The number of aromatic nitrogens is 2. The molecule has 3 aliphatic carbocycles. The number of nitrogens with two attached hydrogens (primary N) is 1. The third-order valence-corrected chi connectivity index (χ3v) is 7.58. The highest BCUT2D eigenvalue weighted by Gasteiger charge is 2.66. The van der Waals surface area contributed by atoms with Crippen LogP contribution >= 0.6 is 0 Å². The highest BCUT2D eigenvalue weighted by Crippen LogP contribution is 2.62. The molecule has 0 radical (unpaired) electrons. The molecule has 8 heteroatoms. The molecular formula is C21H22F2N4O2. The van der Waals surface area contributed by atoms with Gasteiger partial charge in [0.05, 0.1) is 17.0 Å². The number of anilines is 1. The molecule has 0 bridgehead atoms. The minimum absolute atomic E-state index is 0.0231. The summed E-state index contributed by atoms with van der Waals surface area (Å²) in [5.41, 5.74) is 6.01. The Kier molecular flexibility index (Phi) is 3.27. The maximum absolute atomic E-state index is 15.0. The van der Waals surface area contributed by atoms with Crippen molar-refractivity contribution in [1.82, 2.24) is 9.55 Å². The summed E-state index contributed by atoms with van der Waals surface area (Å²) in [6.07, 6.45) is 2.75. The summed E-state index contributed by atoms with van der Waals surface area (Å²) in [6.45, 7) is 2.63. The molecule has 2 aromatic heterocycles. The van der Waals surface area contributed by atoms with Crippen molar-refractivity contribution in [3.05, 3.63) is 33.9 Å². The average molecular weight is 400 g/mol. The summed E-state index contributed by atoms with van der Waals surface area (Å²) >= 11 is 0. The fourth-order valence-electron chi connectivity index (χ4n) is 5.78. The smallest absolute Gasteiger partial charge is 0.201 e. The van der Waals surface area contributed by atoms with E-state index in [4.69, 9.17) is 5.73 Å². The number of nitrogens with zero attached hydrogens (tertiary/aromatic N) is 3. The topological polar surface area (TPSA) is 81.2 Å². The first-order chi connectivity index (χ1) is 13.8. The van der Waals surface area contributed by atoms with Gasteiger partial charge in [-0.3, -0.25) is 9.59 Å². The Labute approximate surface area is 165 Å². The maximum Gasteiger partial charge on any atom is 0.201 e. The van der Waals surface area contributed by atoms with Gasteiger partial charge in [-0.15, -0.1) is 0 Å². The van der Waals surface area contributed by atoms with Crippen LogP contribution in [0.4, 0.5) is 14.6 Å². The highest BCUT2D eigenvalue weighted by atomic mass is 19.1. The van der Waals surface area contributed by atoms with E-state index in [1.807, 2.05) is 4.90 Å². The lowest BCUT2D eigenvalue weighted by Gasteiger charge is -2.22. The summed E-state index contributed by atoms with van der Waals surface area (Å²) in [7, 11) is 0. The summed E-state index contributed by atoms with van der Waals surface area (Å²) < 4.78 is 30.4. The molecule has 4 fully saturated rings. The van der Waals surface area contributed by atoms with Crippen LogP contribution in [-0.4, -0.2) is 40.1 Å². The fraction of sp³-hybridized carbons (Fsp3) is 0.571. The molecule has 2 N–H and O–H groups in total. The lowest BCUT2D eigenvalue weighted by atomic mass is 9.92. The second-order valence-corrected chi connectivity index (χ2v) is 9.34. The van der Waals surface area contributed by atoms with Crippen LogP contribution in [0.1, 0.15) is 42.6 Å². The number of carbonyl (C=O) groups is 1. The van der Waals surface area contributed by atoms with Crippen LogP contribution in [0.25, 0.3) is 11.0 Å². The van der Waals surface area contributed by atoms with E-state index in [-0.39, 0.29) is 28.0 Å². The molecule has 29 heavy (non-hydrogen) atoms. The first-order valence-corrected chi connectivity index (χ1v) is 10.2. The Morgan fingerprint density at radius 1 is 1.34 bits per heavy atom. The molecule has 1 aliphatic heterocycles. The first-order valence-electron chi connectivity index (χ1n) is 10.2. The number of fused-ring (bicyclic) bond motifs is 4. The summed E-state index contributed by atoms with van der Waals surface area (Å²) in [5, 5.41) is 0.0231. The van der Waals surface area contributed by atoms with E-state index in [1.165, 1.54) is 13.1 Å². The fourth-order valence-corrected chi connectivity index (χ4v) is 5.78. The Hall–Kier alpha value is -2.35. The number of carbonyl (C=O) groups excluding carboxylic acids is 1. The minimum atomic E-state index is -1.05. The first kappa shape index (κ1) is 17.5. The van der Waals surface area contributed by atoms with Gasteiger partial charge in [-0.1, -0.05) is 0 Å². The van der Waals surface area contributed by atoms with Crippen LogP contribution in [0.3, 0.4) is 0 Å². The van der Waals surface area contributed by atoms with Crippen molar-refractivity contribution in [3.63, 3.8) is 0 Å². The maximum atomic E-state index is 15.0. The van der Waals surface area contributed by atoms with Crippen LogP contribution in [0.15, 0.2) is 17.1 Å². The molecule has 6 atom stereocenters. The molecule has 4 aliphatic rings. The van der Waals surface area contributed by atoms with Gasteiger partial charge in [0, 0.05) is 31.2 Å². The van der Waals surface area contributed by atoms with Gasteiger partial charge in [0.25, 0.3) is 0 Å². The number of pyridine rings is 2. The largest absolute Gasteiger partial charge is 0.353 e. The monoisotopic (exact) mass is 400 g/mol. The molecule has 6 rings (SSSR count). The molecular weight excluding hydrogens is 378 g/mol. The molecule has 0 amide bonds. The number of halogens is 2. The number of alkyl halides is 1.